The van der Waals surface area contributed by atoms with Crippen LogP contribution in [-0.4, -0.2) is 5.11 Å². The second kappa shape index (κ2) is 8.00. The summed E-state index contributed by atoms with van der Waals surface area (Å²) in [5.74, 6) is 6.37. The first kappa shape index (κ1) is 16.6. The fraction of sp³-hybridized carbons (Fsp3) is 0.0952. The quantitative estimate of drug-likeness (QED) is 0.722. The molecule has 2 N–H and O–H groups in total. The van der Waals surface area contributed by atoms with Gasteiger partial charge in [0.2, 0.25) is 5.43 Å². The second-order valence-corrected chi connectivity index (χ2v) is 5.51. The van der Waals surface area contributed by atoms with Gasteiger partial charge in [-0.2, -0.15) is 0 Å². The van der Waals surface area contributed by atoms with E-state index in [0.717, 1.165) is 23.0 Å². The number of nitrogens with one attached hydrogen (secondary N) is 1. The van der Waals surface area contributed by atoms with Crippen LogP contribution >= 0.6 is 0 Å². The molecule has 0 bridgehead atoms. The average Bonchev–Trinajstić information content (AvgIpc) is 2.65. The normalized spacial score (nSPS) is 10.1. The molecule has 0 radical (unpaired) electrons. The van der Waals surface area contributed by atoms with E-state index < -0.39 is 5.43 Å². The molecule has 1 heterocycles. The molecule has 4 nitrogen and oxygen atoms in total. The van der Waals surface area contributed by atoms with Crippen molar-refractivity contribution < 1.29 is 9.52 Å². The summed E-state index contributed by atoms with van der Waals surface area (Å²) >= 11 is 0. The number of hydrogen-bond donors (Lipinski definition) is 2. The van der Waals surface area contributed by atoms with Gasteiger partial charge in [0.1, 0.15) is 12.0 Å². The van der Waals surface area contributed by atoms with Crippen molar-refractivity contribution in [3.63, 3.8) is 0 Å². The van der Waals surface area contributed by atoms with Gasteiger partial charge in [0, 0.05) is 23.7 Å². The Morgan fingerprint density at radius 3 is 2.28 bits per heavy atom. The molecule has 0 unspecified atom stereocenters. The summed E-state index contributed by atoms with van der Waals surface area (Å²) in [6.45, 7) is 1.04. The predicted octanol–water partition coefficient (Wildman–Crippen LogP) is 3.04. The molecule has 0 fully saturated rings. The molecule has 1 aromatic heterocycles. The third kappa shape index (κ3) is 4.84. The van der Waals surface area contributed by atoms with E-state index >= 15 is 0 Å². The molecular formula is C21H17NO3. The Hall–Kier alpha value is -3.29. The SMILES string of the molecule is O=c1cc(CNCc2ccc(C#Cc3ccccc3)cc2)occ1O. The van der Waals surface area contributed by atoms with E-state index in [1.165, 1.54) is 6.07 Å². The molecule has 25 heavy (non-hydrogen) atoms. The Labute approximate surface area is 145 Å². The molecule has 0 saturated heterocycles. The lowest BCUT2D eigenvalue weighted by molar-refractivity contribution is 0.405. The van der Waals surface area contributed by atoms with E-state index in [-0.39, 0.29) is 5.75 Å². The van der Waals surface area contributed by atoms with Crippen molar-refractivity contribution in [3.05, 3.63) is 99.6 Å². The maximum atomic E-state index is 11.3. The minimum atomic E-state index is -0.440. The summed E-state index contributed by atoms with van der Waals surface area (Å²) < 4.78 is 5.14. The second-order valence-electron chi connectivity index (χ2n) is 5.51. The zero-order valence-electron chi connectivity index (χ0n) is 13.5. The van der Waals surface area contributed by atoms with Crippen molar-refractivity contribution in [2.24, 2.45) is 0 Å². The highest BCUT2D eigenvalue weighted by molar-refractivity contribution is 5.43. The molecule has 4 heteroatoms. The third-order valence-electron chi connectivity index (χ3n) is 3.57. The van der Waals surface area contributed by atoms with Gasteiger partial charge in [-0.1, -0.05) is 42.2 Å². The van der Waals surface area contributed by atoms with E-state index in [1.807, 2.05) is 54.6 Å². The molecule has 0 aliphatic rings. The van der Waals surface area contributed by atoms with Crippen LogP contribution in [0.25, 0.3) is 0 Å². The summed E-state index contributed by atoms with van der Waals surface area (Å²) in [4.78, 5) is 11.3. The van der Waals surface area contributed by atoms with Crippen molar-refractivity contribution in [2.45, 2.75) is 13.1 Å². The van der Waals surface area contributed by atoms with Crippen molar-refractivity contribution in [3.8, 4) is 17.6 Å². The maximum absolute atomic E-state index is 11.3. The van der Waals surface area contributed by atoms with Gasteiger partial charge in [0.15, 0.2) is 5.75 Å². The summed E-state index contributed by atoms with van der Waals surface area (Å²) in [6, 6.07) is 19.1. The zero-order chi connectivity index (χ0) is 17.5. The minimum absolute atomic E-state index is 0.379. The highest BCUT2D eigenvalue weighted by atomic mass is 16.4. The Kier molecular flexibility index (Phi) is 5.30. The summed E-state index contributed by atoms with van der Waals surface area (Å²) in [6.07, 6.45) is 1.06. The van der Waals surface area contributed by atoms with Crippen LogP contribution in [0.5, 0.6) is 5.75 Å². The molecule has 124 valence electrons. The van der Waals surface area contributed by atoms with E-state index in [4.69, 9.17) is 9.52 Å². The van der Waals surface area contributed by atoms with Crippen molar-refractivity contribution >= 4 is 0 Å². The summed E-state index contributed by atoms with van der Waals surface area (Å²) in [5, 5.41) is 12.3. The average molecular weight is 331 g/mol. The van der Waals surface area contributed by atoms with Gasteiger partial charge >= 0.3 is 0 Å². The third-order valence-corrected chi connectivity index (χ3v) is 3.57. The molecule has 0 saturated carbocycles. The van der Waals surface area contributed by atoms with Crippen LogP contribution in [0, 0.1) is 11.8 Å². The summed E-state index contributed by atoms with van der Waals surface area (Å²) in [5.41, 5.74) is 2.61. The molecule has 2 aromatic carbocycles. The Bertz CT molecular complexity index is 948. The van der Waals surface area contributed by atoms with Gasteiger partial charge in [-0.3, -0.25) is 4.79 Å². The van der Waals surface area contributed by atoms with Crippen LogP contribution in [0.15, 0.2) is 76.1 Å². The Balaban J connectivity index is 1.55. The Morgan fingerprint density at radius 1 is 0.920 bits per heavy atom. The van der Waals surface area contributed by atoms with Gasteiger partial charge in [-0.05, 0) is 29.8 Å². The van der Waals surface area contributed by atoms with Crippen LogP contribution in [-0.2, 0) is 13.1 Å². The lowest BCUT2D eigenvalue weighted by atomic mass is 10.1. The standard InChI is InChI=1S/C21H17NO3/c23-20-12-19(25-15-21(20)24)14-22-13-18-10-8-17(9-11-18)7-6-16-4-2-1-3-5-16/h1-5,8-12,15,22,24H,13-14H2. The van der Waals surface area contributed by atoms with E-state index in [0.29, 0.717) is 18.8 Å². The molecule has 0 atom stereocenters. The molecule has 0 amide bonds. The highest BCUT2D eigenvalue weighted by Gasteiger charge is 2.01. The van der Waals surface area contributed by atoms with Crippen LogP contribution in [0.1, 0.15) is 22.5 Å². The van der Waals surface area contributed by atoms with E-state index in [2.05, 4.69) is 17.2 Å². The predicted molar refractivity (Wildman–Crippen MR) is 96.1 cm³/mol. The van der Waals surface area contributed by atoms with Crippen molar-refractivity contribution in [1.29, 1.82) is 0 Å². The van der Waals surface area contributed by atoms with Gasteiger partial charge < -0.3 is 14.8 Å². The fourth-order valence-corrected chi connectivity index (χ4v) is 2.24. The summed E-state index contributed by atoms with van der Waals surface area (Å²) in [7, 11) is 0. The number of rotatable bonds is 4. The molecule has 0 spiro atoms. The highest BCUT2D eigenvalue weighted by Crippen LogP contribution is 2.06. The minimum Gasteiger partial charge on any atom is -0.502 e. The smallest absolute Gasteiger partial charge is 0.226 e. The van der Waals surface area contributed by atoms with Gasteiger partial charge in [0.25, 0.3) is 0 Å². The lowest BCUT2D eigenvalue weighted by Gasteiger charge is -2.04. The first-order valence-electron chi connectivity index (χ1n) is 7.88. The molecule has 0 aliphatic heterocycles. The molecule has 0 aliphatic carbocycles. The molecule has 3 aromatic rings. The topological polar surface area (TPSA) is 62.5 Å². The zero-order valence-corrected chi connectivity index (χ0v) is 13.5. The first-order chi connectivity index (χ1) is 12.2. The van der Waals surface area contributed by atoms with Crippen LogP contribution in [0.3, 0.4) is 0 Å². The number of aromatic hydroxyl groups is 1. The Morgan fingerprint density at radius 2 is 1.60 bits per heavy atom. The molecule has 3 rings (SSSR count). The fourth-order valence-electron chi connectivity index (χ4n) is 2.24. The van der Waals surface area contributed by atoms with Gasteiger partial charge in [0.05, 0.1) is 6.54 Å². The maximum Gasteiger partial charge on any atom is 0.226 e. The van der Waals surface area contributed by atoms with Crippen molar-refractivity contribution in [2.75, 3.05) is 0 Å². The van der Waals surface area contributed by atoms with E-state index in [1.54, 1.807) is 0 Å². The van der Waals surface area contributed by atoms with Crippen LogP contribution < -0.4 is 10.7 Å². The molecular weight excluding hydrogens is 314 g/mol. The van der Waals surface area contributed by atoms with Crippen molar-refractivity contribution in [1.82, 2.24) is 5.32 Å². The lowest BCUT2D eigenvalue weighted by Crippen LogP contribution is -2.14. The van der Waals surface area contributed by atoms with Gasteiger partial charge in [-0.25, -0.2) is 0 Å². The number of hydrogen-bond acceptors (Lipinski definition) is 4. The van der Waals surface area contributed by atoms with Crippen LogP contribution in [0.4, 0.5) is 0 Å². The van der Waals surface area contributed by atoms with Crippen LogP contribution in [0.2, 0.25) is 0 Å². The van der Waals surface area contributed by atoms with E-state index in [9.17, 15) is 4.79 Å². The number of benzene rings is 2. The monoisotopic (exact) mass is 331 g/mol. The first-order valence-corrected chi connectivity index (χ1v) is 7.88. The largest absolute Gasteiger partial charge is 0.502 e. The van der Waals surface area contributed by atoms with Gasteiger partial charge in [-0.15, -0.1) is 0 Å².